The molecule has 0 saturated heterocycles. The van der Waals surface area contributed by atoms with Crippen LogP contribution < -0.4 is 10.6 Å². The molecular formula is C17H40N2O. The molecule has 20 heavy (non-hydrogen) atoms. The van der Waals surface area contributed by atoms with Crippen LogP contribution in [0.4, 0.5) is 0 Å². The number of carbonyl (C=O) groups is 1. The maximum absolute atomic E-state index is 11.7. The molecule has 1 saturated carbocycles. The van der Waals surface area contributed by atoms with Gasteiger partial charge in [-0.25, -0.2) is 0 Å². The fourth-order valence-electron chi connectivity index (χ4n) is 2.13. The van der Waals surface area contributed by atoms with Gasteiger partial charge in [0.2, 0.25) is 5.91 Å². The van der Waals surface area contributed by atoms with Crippen molar-refractivity contribution in [2.24, 2.45) is 11.8 Å². The predicted octanol–water partition coefficient (Wildman–Crippen LogP) is 4.23. The van der Waals surface area contributed by atoms with Gasteiger partial charge in [0.05, 0.1) is 0 Å². The number of rotatable bonds is 4. The molecule has 0 heterocycles. The molecule has 1 rings (SSSR count). The van der Waals surface area contributed by atoms with E-state index in [9.17, 15) is 4.79 Å². The van der Waals surface area contributed by atoms with E-state index in [0.29, 0.717) is 0 Å². The van der Waals surface area contributed by atoms with E-state index >= 15 is 0 Å². The summed E-state index contributed by atoms with van der Waals surface area (Å²) in [6.45, 7) is 15.8. The van der Waals surface area contributed by atoms with Crippen LogP contribution in [0.2, 0.25) is 0 Å². The highest BCUT2D eigenvalue weighted by Gasteiger charge is 2.24. The molecule has 3 nitrogen and oxygen atoms in total. The Morgan fingerprint density at radius 1 is 1.00 bits per heavy atom. The lowest BCUT2D eigenvalue weighted by molar-refractivity contribution is -0.126. The Bertz CT molecular complexity index is 184. The van der Waals surface area contributed by atoms with Crippen LogP contribution >= 0.6 is 0 Å². The Balaban J connectivity index is -0.000000425. The van der Waals surface area contributed by atoms with E-state index in [1.165, 1.54) is 12.8 Å². The summed E-state index contributed by atoms with van der Waals surface area (Å²) in [5.74, 6) is 1.26. The molecule has 1 aliphatic carbocycles. The minimum atomic E-state index is 0.256. The lowest BCUT2D eigenvalue weighted by Gasteiger charge is -2.25. The van der Waals surface area contributed by atoms with Gasteiger partial charge in [0.15, 0.2) is 0 Å². The lowest BCUT2D eigenvalue weighted by atomic mass is 9.82. The average molecular weight is 289 g/mol. The van der Waals surface area contributed by atoms with Crippen molar-refractivity contribution >= 4 is 5.91 Å². The van der Waals surface area contributed by atoms with Crippen molar-refractivity contribution in [3.8, 4) is 0 Å². The van der Waals surface area contributed by atoms with Gasteiger partial charge in [-0.1, -0.05) is 61.3 Å². The first-order valence-corrected chi connectivity index (χ1v) is 8.66. The Kier molecular flexibility index (Phi) is 25.4. The highest BCUT2D eigenvalue weighted by atomic mass is 16.1. The Morgan fingerprint density at radius 2 is 1.55 bits per heavy atom. The van der Waals surface area contributed by atoms with Crippen molar-refractivity contribution in [2.45, 2.75) is 74.1 Å². The van der Waals surface area contributed by atoms with Gasteiger partial charge in [0, 0.05) is 19.0 Å². The van der Waals surface area contributed by atoms with Gasteiger partial charge in [-0.15, -0.1) is 0 Å². The first-order chi connectivity index (χ1) is 9.74. The maximum atomic E-state index is 11.7. The lowest BCUT2D eigenvalue weighted by Crippen LogP contribution is -2.36. The van der Waals surface area contributed by atoms with Crippen molar-refractivity contribution in [1.82, 2.24) is 10.6 Å². The van der Waals surface area contributed by atoms with Gasteiger partial charge in [0.1, 0.15) is 0 Å². The minimum absolute atomic E-state index is 0.256. The van der Waals surface area contributed by atoms with Crippen molar-refractivity contribution in [2.75, 3.05) is 20.1 Å². The molecule has 124 valence electrons. The Morgan fingerprint density at radius 3 is 2.00 bits per heavy atom. The zero-order chi connectivity index (χ0) is 16.4. The third-order valence-electron chi connectivity index (χ3n) is 2.98. The van der Waals surface area contributed by atoms with E-state index in [1.54, 1.807) is 0 Å². The summed E-state index contributed by atoms with van der Waals surface area (Å²) < 4.78 is 0. The van der Waals surface area contributed by atoms with Crippen molar-refractivity contribution in [3.05, 3.63) is 0 Å². The van der Waals surface area contributed by atoms with Crippen LogP contribution in [0.15, 0.2) is 0 Å². The second-order valence-corrected chi connectivity index (χ2v) is 4.36. The normalized spacial score (nSPS) is 20.0. The van der Waals surface area contributed by atoms with Crippen molar-refractivity contribution in [1.29, 1.82) is 0 Å². The van der Waals surface area contributed by atoms with E-state index in [2.05, 4.69) is 17.6 Å². The van der Waals surface area contributed by atoms with Gasteiger partial charge >= 0.3 is 0 Å². The van der Waals surface area contributed by atoms with Crippen LogP contribution in [-0.2, 0) is 4.79 Å². The van der Waals surface area contributed by atoms with Gasteiger partial charge in [0.25, 0.3) is 0 Å². The number of hydrogen-bond acceptors (Lipinski definition) is 2. The molecule has 1 fully saturated rings. The largest absolute Gasteiger partial charge is 0.355 e. The fourth-order valence-corrected chi connectivity index (χ4v) is 2.13. The van der Waals surface area contributed by atoms with E-state index in [4.69, 9.17) is 0 Å². The zero-order valence-electron chi connectivity index (χ0n) is 15.3. The van der Waals surface area contributed by atoms with Gasteiger partial charge < -0.3 is 10.6 Å². The highest BCUT2D eigenvalue weighted by molar-refractivity contribution is 5.78. The average Bonchev–Trinajstić information content (AvgIpc) is 2.53. The summed E-state index contributed by atoms with van der Waals surface area (Å²) >= 11 is 0. The first kappa shape index (κ1) is 24.4. The van der Waals surface area contributed by atoms with Crippen LogP contribution in [0.1, 0.15) is 74.1 Å². The molecule has 1 aliphatic rings. The third-order valence-corrected chi connectivity index (χ3v) is 2.98. The van der Waals surface area contributed by atoms with Crippen LogP contribution in [0.25, 0.3) is 0 Å². The smallest absolute Gasteiger partial charge is 0.223 e. The van der Waals surface area contributed by atoms with E-state index in [1.807, 2.05) is 48.6 Å². The zero-order valence-corrected chi connectivity index (χ0v) is 15.3. The maximum Gasteiger partial charge on any atom is 0.223 e. The Hall–Kier alpha value is -0.570. The summed E-state index contributed by atoms with van der Waals surface area (Å²) in [6, 6.07) is 0. The molecule has 0 aromatic rings. The molecule has 0 bridgehead atoms. The van der Waals surface area contributed by atoms with E-state index in [0.717, 1.165) is 31.8 Å². The van der Waals surface area contributed by atoms with Crippen molar-refractivity contribution < 1.29 is 4.79 Å². The summed E-state index contributed by atoms with van der Waals surface area (Å²) in [6.07, 6.45) is 4.66. The standard InChI is InChI=1S/C11H22N2O.3C2H6/c1-9-4-3-5-10(8-9)11(14)13-7-6-12-2;3*1-2/h9-10,12H,3-8H2,1-2H3,(H,13,14);3*1-2H3. The van der Waals surface area contributed by atoms with Gasteiger partial charge in [-0.3, -0.25) is 4.79 Å². The Labute approximate surface area is 128 Å². The molecule has 0 aromatic heterocycles. The monoisotopic (exact) mass is 288 g/mol. The molecular weight excluding hydrogens is 248 g/mol. The highest BCUT2D eigenvalue weighted by Crippen LogP contribution is 2.28. The molecule has 3 heteroatoms. The summed E-state index contributed by atoms with van der Waals surface area (Å²) in [4.78, 5) is 11.7. The number of nitrogens with one attached hydrogen (secondary N) is 2. The van der Waals surface area contributed by atoms with E-state index in [-0.39, 0.29) is 11.8 Å². The van der Waals surface area contributed by atoms with Crippen LogP contribution in [0.5, 0.6) is 0 Å². The number of amides is 1. The number of hydrogen-bond donors (Lipinski definition) is 2. The minimum Gasteiger partial charge on any atom is -0.355 e. The summed E-state index contributed by atoms with van der Waals surface area (Å²) in [5.41, 5.74) is 0. The molecule has 2 N–H and O–H groups in total. The van der Waals surface area contributed by atoms with Gasteiger partial charge in [-0.2, -0.15) is 0 Å². The molecule has 0 radical (unpaired) electrons. The number of likely N-dealkylation sites (N-methyl/N-ethyl adjacent to an activating group) is 1. The van der Waals surface area contributed by atoms with E-state index < -0.39 is 0 Å². The first-order valence-electron chi connectivity index (χ1n) is 8.66. The fraction of sp³-hybridized carbons (Fsp3) is 0.941. The van der Waals surface area contributed by atoms with Crippen molar-refractivity contribution in [3.63, 3.8) is 0 Å². The predicted molar refractivity (Wildman–Crippen MR) is 92.1 cm³/mol. The van der Waals surface area contributed by atoms with Crippen LogP contribution in [-0.4, -0.2) is 26.0 Å². The SMILES string of the molecule is CC.CC.CC.CNCCNC(=O)C1CCCC(C)C1. The molecule has 0 spiro atoms. The third kappa shape index (κ3) is 13.9. The number of carbonyl (C=O) groups excluding carboxylic acids is 1. The molecule has 0 aliphatic heterocycles. The summed E-state index contributed by atoms with van der Waals surface area (Å²) in [7, 11) is 1.90. The molecule has 0 aromatic carbocycles. The summed E-state index contributed by atoms with van der Waals surface area (Å²) in [5, 5.41) is 5.99. The van der Waals surface area contributed by atoms with Gasteiger partial charge in [-0.05, 0) is 25.8 Å². The molecule has 1 amide bonds. The molecule has 2 unspecified atom stereocenters. The second kappa shape index (κ2) is 20.7. The molecule has 2 atom stereocenters. The quantitative estimate of drug-likeness (QED) is 0.760. The second-order valence-electron chi connectivity index (χ2n) is 4.36. The van der Waals surface area contributed by atoms with Crippen LogP contribution in [0.3, 0.4) is 0 Å². The topological polar surface area (TPSA) is 41.1 Å². The van der Waals surface area contributed by atoms with Crippen LogP contribution in [0, 0.1) is 11.8 Å².